The Morgan fingerprint density at radius 2 is 1.79 bits per heavy atom. The van der Waals surface area contributed by atoms with Crippen LogP contribution in [-0.2, 0) is 11.3 Å². The van der Waals surface area contributed by atoms with Crippen molar-refractivity contribution < 1.29 is 23.0 Å². The molecular formula is C17H24F2N2O3. The van der Waals surface area contributed by atoms with Crippen LogP contribution in [0.2, 0.25) is 0 Å². The van der Waals surface area contributed by atoms with Crippen LogP contribution in [0.3, 0.4) is 0 Å². The van der Waals surface area contributed by atoms with Crippen molar-refractivity contribution in [2.75, 3.05) is 13.1 Å². The summed E-state index contributed by atoms with van der Waals surface area (Å²) in [7, 11) is 0. The van der Waals surface area contributed by atoms with Gasteiger partial charge in [0.05, 0.1) is 11.7 Å². The molecule has 0 radical (unpaired) electrons. The first kappa shape index (κ1) is 18.4. The molecule has 1 fully saturated rings. The third-order valence-corrected chi connectivity index (χ3v) is 3.87. The Morgan fingerprint density at radius 3 is 2.29 bits per heavy atom. The van der Waals surface area contributed by atoms with E-state index < -0.39 is 24.3 Å². The first-order valence-corrected chi connectivity index (χ1v) is 8.10. The lowest BCUT2D eigenvalue weighted by atomic mass is 10.1. The van der Waals surface area contributed by atoms with Gasteiger partial charge in [-0.25, -0.2) is 13.6 Å². The smallest absolute Gasteiger partial charge is 0.410 e. The van der Waals surface area contributed by atoms with Gasteiger partial charge in [-0.2, -0.15) is 0 Å². The Kier molecular flexibility index (Phi) is 5.99. The van der Waals surface area contributed by atoms with E-state index in [1.165, 1.54) is 0 Å². The standard InChI is InChI=1S/C17H24F2N2O3/c1-10(2)24-13-5-15(18)14(16(19)6-13)9-23-17(22)21-11(3)7-20-8-12(21)4/h5-6,10-12,20H,7-9H2,1-4H3. The van der Waals surface area contributed by atoms with Gasteiger partial charge >= 0.3 is 6.09 Å². The highest BCUT2D eigenvalue weighted by Crippen LogP contribution is 2.23. The number of piperazine rings is 1. The fourth-order valence-electron chi connectivity index (χ4n) is 2.76. The molecule has 24 heavy (non-hydrogen) atoms. The number of halogens is 2. The Hall–Kier alpha value is -1.89. The monoisotopic (exact) mass is 342 g/mol. The van der Waals surface area contributed by atoms with Crippen molar-refractivity contribution in [3.63, 3.8) is 0 Å². The molecular weight excluding hydrogens is 318 g/mol. The second-order valence-electron chi connectivity index (χ2n) is 6.35. The highest BCUT2D eigenvalue weighted by atomic mass is 19.1. The van der Waals surface area contributed by atoms with E-state index >= 15 is 0 Å². The van der Waals surface area contributed by atoms with Gasteiger partial charge in [-0.1, -0.05) is 0 Å². The van der Waals surface area contributed by atoms with Crippen LogP contribution in [0.15, 0.2) is 12.1 Å². The quantitative estimate of drug-likeness (QED) is 0.914. The largest absolute Gasteiger partial charge is 0.491 e. The lowest BCUT2D eigenvalue weighted by Gasteiger charge is -2.38. The van der Waals surface area contributed by atoms with Crippen LogP contribution >= 0.6 is 0 Å². The molecule has 7 heteroatoms. The molecule has 1 aliphatic heterocycles. The minimum absolute atomic E-state index is 0.0437. The Balaban J connectivity index is 2.04. The minimum Gasteiger partial charge on any atom is -0.491 e. The van der Waals surface area contributed by atoms with Crippen LogP contribution in [0.4, 0.5) is 13.6 Å². The molecule has 1 aromatic carbocycles. The third-order valence-electron chi connectivity index (χ3n) is 3.87. The van der Waals surface area contributed by atoms with Crippen molar-refractivity contribution in [2.24, 2.45) is 0 Å². The maximum atomic E-state index is 14.1. The van der Waals surface area contributed by atoms with Gasteiger partial charge in [-0.3, -0.25) is 0 Å². The van der Waals surface area contributed by atoms with Crippen LogP contribution in [-0.4, -0.2) is 42.3 Å². The summed E-state index contributed by atoms with van der Waals surface area (Å²) >= 11 is 0. The van der Waals surface area contributed by atoms with Crippen molar-refractivity contribution in [1.82, 2.24) is 10.2 Å². The summed E-state index contributed by atoms with van der Waals surface area (Å²) in [4.78, 5) is 13.8. The maximum Gasteiger partial charge on any atom is 0.410 e. The van der Waals surface area contributed by atoms with E-state index in [1.807, 2.05) is 13.8 Å². The summed E-state index contributed by atoms with van der Waals surface area (Å²) in [5, 5.41) is 3.20. The van der Waals surface area contributed by atoms with E-state index in [1.54, 1.807) is 18.7 Å². The van der Waals surface area contributed by atoms with Crippen molar-refractivity contribution >= 4 is 6.09 Å². The van der Waals surface area contributed by atoms with E-state index in [0.717, 1.165) is 12.1 Å². The summed E-state index contributed by atoms with van der Waals surface area (Å²) in [6.07, 6.45) is -0.763. The molecule has 0 aromatic heterocycles. The van der Waals surface area contributed by atoms with Crippen molar-refractivity contribution in [2.45, 2.75) is 52.5 Å². The maximum absolute atomic E-state index is 14.1. The number of carbonyl (C=O) groups is 1. The number of hydrogen-bond donors (Lipinski definition) is 1. The minimum atomic E-state index is -0.792. The molecule has 1 N–H and O–H groups in total. The van der Waals surface area contributed by atoms with Crippen LogP contribution in [0.1, 0.15) is 33.3 Å². The summed E-state index contributed by atoms with van der Waals surface area (Å²) < 4.78 is 38.6. The highest BCUT2D eigenvalue weighted by molar-refractivity contribution is 5.68. The zero-order valence-electron chi connectivity index (χ0n) is 14.4. The van der Waals surface area contributed by atoms with Crippen molar-refractivity contribution in [1.29, 1.82) is 0 Å². The molecule has 1 aliphatic rings. The molecule has 0 saturated carbocycles. The fourth-order valence-corrected chi connectivity index (χ4v) is 2.76. The second-order valence-corrected chi connectivity index (χ2v) is 6.35. The third kappa shape index (κ3) is 4.35. The molecule has 0 aliphatic carbocycles. The SMILES string of the molecule is CC(C)Oc1cc(F)c(COC(=O)N2C(C)CNCC2C)c(F)c1. The van der Waals surface area contributed by atoms with Gasteiger partial charge in [0.2, 0.25) is 0 Å². The summed E-state index contributed by atoms with van der Waals surface area (Å²) in [5.41, 5.74) is -0.283. The van der Waals surface area contributed by atoms with Gasteiger partial charge < -0.3 is 19.7 Å². The lowest BCUT2D eigenvalue weighted by Crippen LogP contribution is -2.57. The van der Waals surface area contributed by atoms with E-state index in [9.17, 15) is 13.6 Å². The van der Waals surface area contributed by atoms with Gasteiger partial charge in [0.15, 0.2) is 0 Å². The molecule has 5 nitrogen and oxygen atoms in total. The van der Waals surface area contributed by atoms with Crippen LogP contribution in [0.25, 0.3) is 0 Å². The van der Waals surface area contributed by atoms with Crippen LogP contribution < -0.4 is 10.1 Å². The van der Waals surface area contributed by atoms with Gasteiger partial charge in [-0.15, -0.1) is 0 Å². The van der Waals surface area contributed by atoms with E-state index in [-0.39, 0.29) is 29.5 Å². The summed E-state index contributed by atoms with van der Waals surface area (Å²) in [6.45, 7) is 8.17. The molecule has 2 rings (SSSR count). The zero-order chi connectivity index (χ0) is 17.9. The Labute approximate surface area is 140 Å². The molecule has 1 aromatic rings. The number of hydrogen-bond acceptors (Lipinski definition) is 4. The van der Waals surface area contributed by atoms with E-state index in [2.05, 4.69) is 5.32 Å². The van der Waals surface area contributed by atoms with Gasteiger partial charge in [-0.05, 0) is 27.7 Å². The fraction of sp³-hybridized carbons (Fsp3) is 0.588. The summed E-state index contributed by atoms with van der Waals surface area (Å²) in [6, 6.07) is 2.11. The number of nitrogens with zero attached hydrogens (tertiary/aromatic N) is 1. The average molecular weight is 342 g/mol. The highest BCUT2D eigenvalue weighted by Gasteiger charge is 2.30. The molecule has 0 spiro atoms. The molecule has 0 bridgehead atoms. The van der Waals surface area contributed by atoms with Gasteiger partial charge in [0.25, 0.3) is 0 Å². The molecule has 1 heterocycles. The number of amides is 1. The first-order valence-electron chi connectivity index (χ1n) is 8.10. The van der Waals surface area contributed by atoms with Crippen LogP contribution in [0, 0.1) is 11.6 Å². The molecule has 1 amide bonds. The van der Waals surface area contributed by atoms with Crippen molar-refractivity contribution in [3.8, 4) is 5.75 Å². The lowest BCUT2D eigenvalue weighted by molar-refractivity contribution is 0.0551. The van der Waals surface area contributed by atoms with Gasteiger partial charge in [0, 0.05) is 37.3 Å². The Morgan fingerprint density at radius 1 is 1.25 bits per heavy atom. The van der Waals surface area contributed by atoms with Crippen molar-refractivity contribution in [3.05, 3.63) is 29.3 Å². The second kappa shape index (κ2) is 7.79. The Bertz CT molecular complexity index is 562. The predicted octanol–water partition coefficient (Wildman–Crippen LogP) is 3.07. The number of carbonyl (C=O) groups excluding carboxylic acids is 1. The molecule has 2 unspecified atom stereocenters. The summed E-state index contributed by atoms with van der Waals surface area (Å²) in [5.74, 6) is -1.47. The topological polar surface area (TPSA) is 50.8 Å². The number of rotatable bonds is 4. The van der Waals surface area contributed by atoms with E-state index in [0.29, 0.717) is 13.1 Å². The zero-order valence-corrected chi connectivity index (χ0v) is 14.4. The molecule has 134 valence electrons. The average Bonchev–Trinajstić information content (AvgIpc) is 2.45. The van der Waals surface area contributed by atoms with Gasteiger partial charge in [0.1, 0.15) is 24.0 Å². The number of benzene rings is 1. The molecule has 2 atom stereocenters. The van der Waals surface area contributed by atoms with Crippen LogP contribution in [0.5, 0.6) is 5.75 Å². The first-order chi connectivity index (χ1) is 11.3. The molecule has 1 saturated heterocycles. The number of nitrogens with one attached hydrogen (secondary N) is 1. The normalized spacial score (nSPS) is 21.0. The number of ether oxygens (including phenoxy) is 2. The predicted molar refractivity (Wildman–Crippen MR) is 85.9 cm³/mol. The van der Waals surface area contributed by atoms with E-state index in [4.69, 9.17) is 9.47 Å².